The number of hydrogen-bond acceptors (Lipinski definition) is 9. The minimum absolute atomic E-state index is 0.0116. The number of fused-ring (bicyclic) bond motifs is 1. The lowest BCUT2D eigenvalue weighted by molar-refractivity contribution is -0.121. The lowest BCUT2D eigenvalue weighted by Gasteiger charge is -2.16. The number of aromatic nitrogens is 4. The van der Waals surface area contributed by atoms with Gasteiger partial charge in [0, 0.05) is 18.1 Å². The summed E-state index contributed by atoms with van der Waals surface area (Å²) < 4.78 is 13.4. The van der Waals surface area contributed by atoms with Crippen LogP contribution in [0, 0.1) is 0 Å². The van der Waals surface area contributed by atoms with E-state index in [1.54, 1.807) is 28.8 Å². The molecule has 1 amide bonds. The van der Waals surface area contributed by atoms with Crippen molar-refractivity contribution in [1.82, 2.24) is 24.8 Å². The molecule has 2 aromatic heterocycles. The third-order valence-electron chi connectivity index (χ3n) is 7.09. The molecule has 5 aromatic rings. The molecule has 1 aliphatic heterocycles. The van der Waals surface area contributed by atoms with Crippen molar-refractivity contribution < 1.29 is 24.5 Å². The number of amides is 1. The topological polar surface area (TPSA) is 144 Å². The maximum absolute atomic E-state index is 12.4. The summed E-state index contributed by atoms with van der Waals surface area (Å²) in [7, 11) is 0. The average Bonchev–Trinajstić information content (AvgIpc) is 3.57. The first-order valence-electron chi connectivity index (χ1n) is 13.7. The highest BCUT2D eigenvalue weighted by molar-refractivity contribution is 6.30. The highest BCUT2D eigenvalue weighted by Gasteiger charge is 2.44. The number of halogens is 1. The van der Waals surface area contributed by atoms with E-state index in [2.05, 4.69) is 25.6 Å². The minimum atomic E-state index is -1.27. The van der Waals surface area contributed by atoms with Gasteiger partial charge in [0.25, 0.3) is 0 Å². The smallest absolute Gasteiger partial charge is 0.224 e. The maximum atomic E-state index is 12.4. The van der Waals surface area contributed by atoms with Gasteiger partial charge in [0.15, 0.2) is 23.2 Å². The van der Waals surface area contributed by atoms with Crippen LogP contribution in [0.3, 0.4) is 0 Å². The highest BCUT2D eigenvalue weighted by atomic mass is 35.5. The first-order chi connectivity index (χ1) is 20.9. The fraction of sp³-hybridized carbons (Fsp3) is 0.226. The summed E-state index contributed by atoms with van der Waals surface area (Å²) in [6.45, 7) is 0.487. The number of carbonyl (C=O) groups is 1. The number of imidazole rings is 1. The number of hydrogen-bond donors (Lipinski definition) is 4. The van der Waals surface area contributed by atoms with E-state index < -0.39 is 24.5 Å². The zero-order chi connectivity index (χ0) is 29.8. The summed E-state index contributed by atoms with van der Waals surface area (Å²) in [6.07, 6.45) is -1.30. The van der Waals surface area contributed by atoms with E-state index in [0.717, 1.165) is 22.6 Å². The van der Waals surface area contributed by atoms with Crippen molar-refractivity contribution in [1.29, 1.82) is 0 Å². The summed E-state index contributed by atoms with van der Waals surface area (Å²) >= 11 is 6.00. The Morgan fingerprint density at radius 2 is 1.72 bits per heavy atom. The quantitative estimate of drug-likeness (QED) is 0.188. The number of carbonyl (C=O) groups excluding carboxylic acids is 1. The number of nitrogens with zero attached hydrogens (tertiary/aromatic N) is 4. The molecule has 6 rings (SSSR count). The van der Waals surface area contributed by atoms with Gasteiger partial charge in [-0.1, -0.05) is 54.1 Å². The molecular formula is C31H29ClN6O5. The summed E-state index contributed by atoms with van der Waals surface area (Å²) in [4.78, 5) is 25.6. The molecule has 0 aliphatic carbocycles. The number of ether oxygens (including phenoxy) is 2. The maximum Gasteiger partial charge on any atom is 0.224 e. The minimum Gasteiger partial charge on any atom is -0.457 e. The molecule has 0 unspecified atom stereocenters. The normalized spacial score (nSPS) is 19.8. The van der Waals surface area contributed by atoms with E-state index in [-0.39, 0.29) is 18.9 Å². The van der Waals surface area contributed by atoms with E-state index in [1.807, 2.05) is 54.6 Å². The van der Waals surface area contributed by atoms with Crippen molar-refractivity contribution in [3.05, 3.63) is 108 Å². The molecule has 4 atom stereocenters. The second-order valence-electron chi connectivity index (χ2n) is 10.1. The SMILES string of the molecule is O=C(Cc1cccc(Cl)c1)NC[C@H]1O[C@@H](n2cnc3c(NCc4ccc(Oc5ccccc5)cc4)ncnc32)[C@H](O)[C@@H]1O. The van der Waals surface area contributed by atoms with Crippen molar-refractivity contribution in [2.45, 2.75) is 37.5 Å². The molecule has 0 radical (unpaired) electrons. The first-order valence-corrected chi connectivity index (χ1v) is 14.1. The van der Waals surface area contributed by atoms with Gasteiger partial charge in [0.1, 0.15) is 36.1 Å². The Bertz CT molecular complexity index is 1700. The fourth-order valence-corrected chi connectivity index (χ4v) is 5.10. The molecule has 0 saturated carbocycles. The van der Waals surface area contributed by atoms with Gasteiger partial charge in [0.2, 0.25) is 5.91 Å². The van der Waals surface area contributed by atoms with E-state index in [0.29, 0.717) is 28.5 Å². The third-order valence-corrected chi connectivity index (χ3v) is 7.32. The fourth-order valence-electron chi connectivity index (χ4n) is 4.89. The molecule has 3 aromatic carbocycles. The molecule has 220 valence electrons. The van der Waals surface area contributed by atoms with E-state index in [1.165, 1.54) is 12.7 Å². The first kappa shape index (κ1) is 28.6. The number of nitrogens with one attached hydrogen (secondary N) is 2. The Balaban J connectivity index is 1.08. The second-order valence-corrected chi connectivity index (χ2v) is 10.6. The lowest BCUT2D eigenvalue weighted by Crippen LogP contribution is -2.40. The van der Waals surface area contributed by atoms with Crippen molar-refractivity contribution >= 4 is 34.5 Å². The molecule has 1 saturated heterocycles. The Kier molecular flexibility index (Phi) is 8.47. The van der Waals surface area contributed by atoms with Crippen LogP contribution in [0.15, 0.2) is 91.5 Å². The lowest BCUT2D eigenvalue weighted by atomic mass is 10.1. The summed E-state index contributed by atoms with van der Waals surface area (Å²) in [5, 5.41) is 28.1. The number of aliphatic hydroxyl groups is 2. The number of rotatable bonds is 10. The molecule has 1 fully saturated rings. The van der Waals surface area contributed by atoms with Gasteiger partial charge in [-0.3, -0.25) is 9.36 Å². The van der Waals surface area contributed by atoms with Crippen LogP contribution in [0.1, 0.15) is 17.4 Å². The molecule has 4 N–H and O–H groups in total. The molecule has 3 heterocycles. The van der Waals surface area contributed by atoms with Crippen LogP contribution in [-0.4, -0.2) is 60.5 Å². The monoisotopic (exact) mass is 600 g/mol. The Labute approximate surface area is 252 Å². The summed E-state index contributed by atoms with van der Waals surface area (Å²) in [5.41, 5.74) is 2.67. The number of benzene rings is 3. The Morgan fingerprint density at radius 3 is 2.51 bits per heavy atom. The molecule has 0 spiro atoms. The Morgan fingerprint density at radius 1 is 0.930 bits per heavy atom. The van der Waals surface area contributed by atoms with Gasteiger partial charge >= 0.3 is 0 Å². The van der Waals surface area contributed by atoms with Gasteiger partial charge in [0.05, 0.1) is 12.7 Å². The van der Waals surface area contributed by atoms with Gasteiger partial charge < -0.3 is 30.3 Å². The van der Waals surface area contributed by atoms with E-state index >= 15 is 0 Å². The van der Waals surface area contributed by atoms with Crippen molar-refractivity contribution in [2.75, 3.05) is 11.9 Å². The highest BCUT2D eigenvalue weighted by Crippen LogP contribution is 2.32. The van der Waals surface area contributed by atoms with Crippen LogP contribution in [-0.2, 0) is 22.5 Å². The third kappa shape index (κ3) is 6.60. The largest absolute Gasteiger partial charge is 0.457 e. The standard InChI is InChI=1S/C31H29ClN6O5/c32-21-6-4-5-20(13-21)14-25(39)33-16-24-27(40)28(41)31(43-24)38-18-37-26-29(35-17-36-30(26)38)34-15-19-9-11-23(12-10-19)42-22-7-2-1-3-8-22/h1-13,17-18,24,27-28,31,40-41H,14-16H2,(H,33,39)(H,34,35,36)/t24-,27-,28-,31-/m1/s1. The van der Waals surface area contributed by atoms with Crippen LogP contribution in [0.25, 0.3) is 11.2 Å². The number of anilines is 1. The van der Waals surface area contributed by atoms with E-state index in [4.69, 9.17) is 21.1 Å². The molecule has 0 bridgehead atoms. The van der Waals surface area contributed by atoms with Gasteiger partial charge in [-0.25, -0.2) is 15.0 Å². The zero-order valence-electron chi connectivity index (χ0n) is 22.9. The van der Waals surface area contributed by atoms with Crippen LogP contribution in [0.2, 0.25) is 5.02 Å². The van der Waals surface area contributed by atoms with E-state index in [9.17, 15) is 15.0 Å². The summed E-state index contributed by atoms with van der Waals surface area (Å²) in [5.74, 6) is 1.74. The molecule has 43 heavy (non-hydrogen) atoms. The predicted octanol–water partition coefficient (Wildman–Crippen LogP) is 3.86. The second kappa shape index (κ2) is 12.8. The van der Waals surface area contributed by atoms with Crippen LogP contribution < -0.4 is 15.4 Å². The van der Waals surface area contributed by atoms with Crippen molar-refractivity contribution in [3.8, 4) is 11.5 Å². The van der Waals surface area contributed by atoms with Gasteiger partial charge in [-0.2, -0.15) is 0 Å². The molecule has 11 nitrogen and oxygen atoms in total. The Hall–Kier alpha value is -4.55. The molecule has 1 aliphatic rings. The van der Waals surface area contributed by atoms with Gasteiger partial charge in [-0.15, -0.1) is 0 Å². The summed E-state index contributed by atoms with van der Waals surface area (Å²) in [6, 6.07) is 24.3. The van der Waals surface area contributed by atoms with Crippen LogP contribution >= 0.6 is 11.6 Å². The number of para-hydroxylation sites is 1. The number of aliphatic hydroxyl groups excluding tert-OH is 2. The van der Waals surface area contributed by atoms with Crippen LogP contribution in [0.5, 0.6) is 11.5 Å². The van der Waals surface area contributed by atoms with Crippen molar-refractivity contribution in [2.24, 2.45) is 0 Å². The predicted molar refractivity (Wildman–Crippen MR) is 160 cm³/mol. The van der Waals surface area contributed by atoms with Gasteiger partial charge in [-0.05, 0) is 47.5 Å². The molecule has 12 heteroatoms. The zero-order valence-corrected chi connectivity index (χ0v) is 23.6. The van der Waals surface area contributed by atoms with Crippen LogP contribution in [0.4, 0.5) is 5.82 Å². The van der Waals surface area contributed by atoms with Crippen molar-refractivity contribution in [3.63, 3.8) is 0 Å². The average molecular weight is 601 g/mol. The molecular weight excluding hydrogens is 572 g/mol.